The minimum atomic E-state index is -1.73. The van der Waals surface area contributed by atoms with Crippen molar-refractivity contribution in [2.75, 3.05) is 0 Å². The Morgan fingerprint density at radius 2 is 1.55 bits per heavy atom. The van der Waals surface area contributed by atoms with Crippen LogP contribution in [0.15, 0.2) is 21.9 Å². The lowest BCUT2D eigenvalue weighted by Crippen LogP contribution is -2.56. The molecule has 0 radical (unpaired) electrons. The van der Waals surface area contributed by atoms with Crippen molar-refractivity contribution in [2.45, 2.75) is 127 Å². The van der Waals surface area contributed by atoms with E-state index in [4.69, 9.17) is 10.5 Å². The van der Waals surface area contributed by atoms with Gasteiger partial charge in [0.15, 0.2) is 12.3 Å². The highest BCUT2D eigenvalue weighted by atomic mass is 16.6. The van der Waals surface area contributed by atoms with Gasteiger partial charge in [-0.15, -0.1) is 0 Å². The third kappa shape index (κ3) is 9.64. The van der Waals surface area contributed by atoms with Crippen LogP contribution < -0.4 is 22.3 Å². The Bertz CT molecular complexity index is 980. The van der Waals surface area contributed by atoms with Crippen LogP contribution in [0.4, 0.5) is 0 Å². The summed E-state index contributed by atoms with van der Waals surface area (Å²) < 4.78 is 6.31. The molecule has 1 aromatic heterocycles. The number of aliphatic carboxylic acids is 1. The van der Waals surface area contributed by atoms with E-state index >= 15 is 0 Å². The van der Waals surface area contributed by atoms with Crippen molar-refractivity contribution >= 4 is 11.9 Å². The van der Waals surface area contributed by atoms with E-state index in [1.807, 2.05) is 4.98 Å². The van der Waals surface area contributed by atoms with Gasteiger partial charge >= 0.3 is 11.7 Å². The lowest BCUT2D eigenvalue weighted by atomic mass is 10.0. The number of carbonyl (C=O) groups is 2. The van der Waals surface area contributed by atoms with Gasteiger partial charge in [0.1, 0.15) is 18.3 Å². The Labute approximate surface area is 222 Å². The van der Waals surface area contributed by atoms with Gasteiger partial charge in [-0.1, -0.05) is 84.0 Å². The van der Waals surface area contributed by atoms with Gasteiger partial charge in [-0.05, 0) is 6.42 Å². The van der Waals surface area contributed by atoms with E-state index in [1.165, 1.54) is 51.4 Å². The van der Waals surface area contributed by atoms with E-state index in [9.17, 15) is 34.5 Å². The van der Waals surface area contributed by atoms with Gasteiger partial charge in [0.05, 0.1) is 6.04 Å². The summed E-state index contributed by atoms with van der Waals surface area (Å²) in [6, 6.07) is -1.65. The van der Waals surface area contributed by atoms with Gasteiger partial charge in [0.25, 0.3) is 5.56 Å². The second kappa shape index (κ2) is 16.4. The molecular formula is C26H44N4O8. The number of aliphatic hydroxyl groups excluding tert-OH is 2. The number of hydrogen-bond donors (Lipinski definition) is 6. The largest absolute Gasteiger partial charge is 0.480 e. The van der Waals surface area contributed by atoms with Crippen LogP contribution in [0.3, 0.4) is 0 Å². The van der Waals surface area contributed by atoms with E-state index in [-0.39, 0.29) is 0 Å². The predicted octanol–water partition coefficient (Wildman–Crippen LogP) is 1.14. The molecule has 6 atom stereocenters. The summed E-state index contributed by atoms with van der Waals surface area (Å²) in [6.45, 7) is 2.22. The molecule has 1 saturated heterocycles. The molecule has 0 aromatic carbocycles. The molecule has 1 amide bonds. The number of nitrogens with two attached hydrogens (primary N) is 1. The van der Waals surface area contributed by atoms with Gasteiger partial charge in [-0.3, -0.25) is 19.1 Å². The smallest absolute Gasteiger partial charge is 0.330 e. The van der Waals surface area contributed by atoms with Crippen molar-refractivity contribution in [1.82, 2.24) is 14.9 Å². The third-order valence-corrected chi connectivity index (χ3v) is 7.00. The number of hydrogen-bond acceptors (Lipinski definition) is 8. The lowest BCUT2D eigenvalue weighted by molar-refractivity contribution is -0.149. The molecule has 1 fully saturated rings. The number of aromatic amines is 1. The van der Waals surface area contributed by atoms with Crippen LogP contribution in [0, 0.1) is 0 Å². The van der Waals surface area contributed by atoms with Crippen molar-refractivity contribution in [3.05, 3.63) is 33.1 Å². The van der Waals surface area contributed by atoms with Gasteiger partial charge in [-0.2, -0.15) is 0 Å². The van der Waals surface area contributed by atoms with Crippen LogP contribution in [0.25, 0.3) is 0 Å². The maximum absolute atomic E-state index is 12.6. The molecule has 0 aliphatic carbocycles. The quantitative estimate of drug-likeness (QED) is 0.148. The average molecular weight is 541 g/mol. The molecule has 1 aliphatic rings. The number of amides is 1. The highest BCUT2D eigenvalue weighted by Crippen LogP contribution is 2.30. The first-order valence-electron chi connectivity index (χ1n) is 13.8. The Balaban J connectivity index is 1.76. The van der Waals surface area contributed by atoms with E-state index in [2.05, 4.69) is 12.2 Å². The molecular weight excluding hydrogens is 496 g/mol. The standard InChI is InChI=1S/C26H44N4O8/c1-2-3-4-5-6-7-8-9-10-11-12-13-14-17(27)23(34)29-19(25(35)36)22-20(32)21(33)24(38-22)30-16-15-18(31)28-26(30)37/h15-17,19-22,24,32-33H,2-14,27H2,1H3,(H,29,34)(H,35,36)(H,28,31,37)/t17?,19-,20-,21+,22+,24+/m0/s1. The zero-order chi connectivity index (χ0) is 28.1. The number of rotatable bonds is 18. The molecule has 12 nitrogen and oxygen atoms in total. The fourth-order valence-electron chi connectivity index (χ4n) is 4.70. The van der Waals surface area contributed by atoms with Crippen molar-refractivity contribution < 1.29 is 29.6 Å². The van der Waals surface area contributed by atoms with Crippen molar-refractivity contribution in [3.8, 4) is 0 Å². The lowest BCUT2D eigenvalue weighted by Gasteiger charge is -2.24. The molecule has 2 rings (SSSR count). The number of nitrogens with zero attached hydrogens (tertiary/aromatic N) is 1. The molecule has 0 bridgehead atoms. The molecule has 1 unspecified atom stereocenters. The first kappa shape index (κ1) is 31.7. The number of carboxylic acid groups (broad SMARTS) is 1. The fraction of sp³-hybridized carbons (Fsp3) is 0.769. The third-order valence-electron chi connectivity index (χ3n) is 7.00. The normalized spacial score (nSPS) is 22.7. The monoisotopic (exact) mass is 540 g/mol. The molecule has 0 saturated carbocycles. The minimum absolute atomic E-state index is 0.377. The predicted molar refractivity (Wildman–Crippen MR) is 140 cm³/mol. The summed E-state index contributed by atoms with van der Waals surface area (Å²) >= 11 is 0. The van der Waals surface area contributed by atoms with Gasteiger partial charge in [-0.25, -0.2) is 9.59 Å². The van der Waals surface area contributed by atoms with Crippen LogP contribution >= 0.6 is 0 Å². The zero-order valence-corrected chi connectivity index (χ0v) is 22.2. The Kier molecular flexibility index (Phi) is 13.7. The number of carboxylic acids is 1. The van der Waals surface area contributed by atoms with Crippen molar-refractivity contribution in [3.63, 3.8) is 0 Å². The van der Waals surface area contributed by atoms with E-state index in [0.717, 1.165) is 42.5 Å². The number of carbonyl (C=O) groups excluding carboxylic acids is 1. The first-order chi connectivity index (χ1) is 18.2. The van der Waals surface area contributed by atoms with E-state index < -0.39 is 59.7 Å². The van der Waals surface area contributed by atoms with Crippen LogP contribution in [-0.2, 0) is 14.3 Å². The molecule has 1 aromatic rings. The van der Waals surface area contributed by atoms with Gasteiger partial charge < -0.3 is 31.1 Å². The summed E-state index contributed by atoms with van der Waals surface area (Å²) in [7, 11) is 0. The highest BCUT2D eigenvalue weighted by molar-refractivity contribution is 5.87. The SMILES string of the molecule is CCCCCCCCCCCCCCC(N)C(=O)N[C@H](C(=O)O)[C@H]1O[C@@H](n2ccc(=O)[nH]c2=O)[C@H](O)[C@@H]1O. The maximum Gasteiger partial charge on any atom is 0.330 e. The number of ether oxygens (including phenoxy) is 1. The number of H-pyrrole nitrogens is 1. The molecule has 12 heteroatoms. The summed E-state index contributed by atoms with van der Waals surface area (Å²) in [5.41, 5.74) is 4.39. The summed E-state index contributed by atoms with van der Waals surface area (Å²) in [5, 5.41) is 32.7. The number of unbranched alkanes of at least 4 members (excludes halogenated alkanes) is 11. The van der Waals surface area contributed by atoms with E-state index in [0.29, 0.717) is 6.42 Å². The van der Waals surface area contributed by atoms with Crippen LogP contribution in [0.2, 0.25) is 0 Å². The molecule has 1 aliphatic heterocycles. The molecule has 7 N–H and O–H groups in total. The second-order valence-electron chi connectivity index (χ2n) is 10.1. The Morgan fingerprint density at radius 3 is 2.08 bits per heavy atom. The molecule has 2 heterocycles. The molecule has 0 spiro atoms. The highest BCUT2D eigenvalue weighted by Gasteiger charge is 2.50. The van der Waals surface area contributed by atoms with Crippen LogP contribution in [0.5, 0.6) is 0 Å². The average Bonchev–Trinajstić information content (AvgIpc) is 3.16. The number of aliphatic hydroxyl groups is 2. The zero-order valence-electron chi connectivity index (χ0n) is 22.2. The fourth-order valence-corrected chi connectivity index (χ4v) is 4.70. The van der Waals surface area contributed by atoms with Crippen LogP contribution in [-0.4, -0.2) is 67.1 Å². The summed E-state index contributed by atoms with van der Waals surface area (Å²) in [5.74, 6) is -2.21. The first-order valence-corrected chi connectivity index (χ1v) is 13.8. The maximum atomic E-state index is 12.6. The number of nitrogens with one attached hydrogen (secondary N) is 2. The summed E-state index contributed by atoms with van der Waals surface area (Å²) in [6.07, 6.45) is 9.07. The van der Waals surface area contributed by atoms with Gasteiger partial charge in [0, 0.05) is 12.3 Å². The summed E-state index contributed by atoms with van der Waals surface area (Å²) in [4.78, 5) is 49.8. The number of aromatic nitrogens is 2. The minimum Gasteiger partial charge on any atom is -0.480 e. The Hall–Kier alpha value is -2.54. The topological polar surface area (TPSA) is 197 Å². The van der Waals surface area contributed by atoms with E-state index in [1.54, 1.807) is 0 Å². The Morgan fingerprint density at radius 1 is 1.00 bits per heavy atom. The molecule has 216 valence electrons. The van der Waals surface area contributed by atoms with Crippen molar-refractivity contribution in [1.29, 1.82) is 0 Å². The second-order valence-corrected chi connectivity index (χ2v) is 10.1. The van der Waals surface area contributed by atoms with Crippen LogP contribution in [0.1, 0.15) is 96.6 Å². The molecule has 38 heavy (non-hydrogen) atoms. The van der Waals surface area contributed by atoms with Crippen molar-refractivity contribution in [2.24, 2.45) is 5.73 Å². The van der Waals surface area contributed by atoms with Gasteiger partial charge in [0.2, 0.25) is 5.91 Å².